The second-order valence-electron chi connectivity index (χ2n) is 5.57. The van der Waals surface area contributed by atoms with Gasteiger partial charge < -0.3 is 15.3 Å². The molecule has 16 heavy (non-hydrogen) atoms. The zero-order valence-electron chi connectivity index (χ0n) is 10.5. The highest BCUT2D eigenvalue weighted by atomic mass is 16.3. The smallest absolute Gasteiger partial charge is 0.0645 e. The molecule has 0 heterocycles. The van der Waals surface area contributed by atoms with Crippen molar-refractivity contribution >= 4 is 0 Å². The summed E-state index contributed by atoms with van der Waals surface area (Å²) < 4.78 is 0. The summed E-state index contributed by atoms with van der Waals surface area (Å²) in [5, 5.41) is 28.4. The van der Waals surface area contributed by atoms with Gasteiger partial charge in [-0.25, -0.2) is 0 Å². The average Bonchev–Trinajstić information content (AvgIpc) is 2.13. The van der Waals surface area contributed by atoms with Crippen LogP contribution in [0.3, 0.4) is 0 Å². The van der Waals surface area contributed by atoms with E-state index in [-0.39, 0.29) is 24.2 Å². The van der Waals surface area contributed by atoms with Crippen LogP contribution >= 0.6 is 0 Å². The summed E-state index contributed by atoms with van der Waals surface area (Å²) in [5.41, 5.74) is 2.12. The Morgan fingerprint density at radius 3 is 2.56 bits per heavy atom. The van der Waals surface area contributed by atoms with Gasteiger partial charge in [0.05, 0.1) is 18.8 Å². The SMILES string of the molecule is C[C@H](O)CCC1=C(CO)C[C@@H](O)CC1(C)C. The number of hydrogen-bond acceptors (Lipinski definition) is 3. The number of rotatable bonds is 4. The van der Waals surface area contributed by atoms with Crippen molar-refractivity contribution in [1.82, 2.24) is 0 Å². The molecule has 3 nitrogen and oxygen atoms in total. The number of allylic oxidation sites excluding steroid dienone is 1. The fourth-order valence-electron chi connectivity index (χ4n) is 2.70. The van der Waals surface area contributed by atoms with Gasteiger partial charge in [-0.1, -0.05) is 19.4 Å². The molecule has 3 heteroatoms. The molecule has 1 rings (SSSR count). The Balaban J connectivity index is 2.86. The van der Waals surface area contributed by atoms with Gasteiger partial charge in [-0.2, -0.15) is 0 Å². The summed E-state index contributed by atoms with van der Waals surface area (Å²) in [6.07, 6.45) is 2.20. The zero-order valence-corrected chi connectivity index (χ0v) is 10.5. The molecule has 0 bridgehead atoms. The first-order chi connectivity index (χ1) is 7.36. The lowest BCUT2D eigenvalue weighted by molar-refractivity contribution is 0.104. The van der Waals surface area contributed by atoms with Crippen molar-refractivity contribution in [3.8, 4) is 0 Å². The van der Waals surface area contributed by atoms with E-state index in [2.05, 4.69) is 13.8 Å². The van der Waals surface area contributed by atoms with Crippen molar-refractivity contribution < 1.29 is 15.3 Å². The van der Waals surface area contributed by atoms with Crippen LogP contribution in [0.4, 0.5) is 0 Å². The van der Waals surface area contributed by atoms with E-state index in [1.165, 1.54) is 5.57 Å². The maximum absolute atomic E-state index is 9.75. The first-order valence-electron chi connectivity index (χ1n) is 6.05. The maximum atomic E-state index is 9.75. The van der Waals surface area contributed by atoms with Gasteiger partial charge in [-0.15, -0.1) is 0 Å². The third-order valence-corrected chi connectivity index (χ3v) is 3.47. The van der Waals surface area contributed by atoms with E-state index in [4.69, 9.17) is 0 Å². The first kappa shape index (κ1) is 13.7. The van der Waals surface area contributed by atoms with Crippen LogP contribution in [0, 0.1) is 5.41 Å². The fourth-order valence-corrected chi connectivity index (χ4v) is 2.70. The predicted molar refractivity (Wildman–Crippen MR) is 64.0 cm³/mol. The molecule has 0 fully saturated rings. The second-order valence-corrected chi connectivity index (χ2v) is 5.57. The number of aliphatic hydroxyl groups is 3. The first-order valence-corrected chi connectivity index (χ1v) is 6.05. The van der Waals surface area contributed by atoms with Crippen molar-refractivity contribution in [1.29, 1.82) is 0 Å². The molecule has 94 valence electrons. The Labute approximate surface area is 97.8 Å². The van der Waals surface area contributed by atoms with Crippen molar-refractivity contribution in [3.63, 3.8) is 0 Å². The summed E-state index contributed by atoms with van der Waals surface area (Å²) in [6.45, 7) is 6.00. The van der Waals surface area contributed by atoms with Crippen molar-refractivity contribution in [2.75, 3.05) is 6.61 Å². The van der Waals surface area contributed by atoms with Crippen LogP contribution in [-0.2, 0) is 0 Å². The second kappa shape index (κ2) is 5.30. The molecule has 0 aliphatic heterocycles. The molecular formula is C13H24O3. The van der Waals surface area contributed by atoms with E-state index in [0.29, 0.717) is 6.42 Å². The lowest BCUT2D eigenvalue weighted by Gasteiger charge is -2.38. The van der Waals surface area contributed by atoms with E-state index in [0.717, 1.165) is 24.8 Å². The summed E-state index contributed by atoms with van der Waals surface area (Å²) in [5.74, 6) is 0. The summed E-state index contributed by atoms with van der Waals surface area (Å²) >= 11 is 0. The van der Waals surface area contributed by atoms with Crippen LogP contribution in [0.5, 0.6) is 0 Å². The molecule has 0 saturated carbocycles. The lowest BCUT2D eigenvalue weighted by atomic mass is 9.70. The molecule has 1 aliphatic carbocycles. The third kappa shape index (κ3) is 3.30. The van der Waals surface area contributed by atoms with E-state index >= 15 is 0 Å². The highest BCUT2D eigenvalue weighted by Crippen LogP contribution is 2.42. The minimum atomic E-state index is -0.340. The molecule has 0 amide bonds. The molecule has 0 aromatic rings. The van der Waals surface area contributed by atoms with Gasteiger partial charge in [0.1, 0.15) is 0 Å². The fraction of sp³-hybridized carbons (Fsp3) is 0.846. The minimum Gasteiger partial charge on any atom is -0.393 e. The Morgan fingerprint density at radius 1 is 1.44 bits per heavy atom. The predicted octanol–water partition coefficient (Wildman–Crippen LogP) is 1.62. The van der Waals surface area contributed by atoms with Crippen molar-refractivity contribution in [2.45, 2.75) is 58.7 Å². The highest BCUT2D eigenvalue weighted by molar-refractivity contribution is 5.25. The van der Waals surface area contributed by atoms with Crippen LogP contribution in [-0.4, -0.2) is 34.1 Å². The summed E-state index contributed by atoms with van der Waals surface area (Å²) in [4.78, 5) is 0. The van der Waals surface area contributed by atoms with Gasteiger partial charge in [-0.05, 0) is 43.6 Å². The van der Waals surface area contributed by atoms with E-state index in [9.17, 15) is 15.3 Å². The molecule has 0 spiro atoms. The topological polar surface area (TPSA) is 60.7 Å². The van der Waals surface area contributed by atoms with E-state index < -0.39 is 0 Å². The lowest BCUT2D eigenvalue weighted by Crippen LogP contribution is -2.31. The van der Waals surface area contributed by atoms with Gasteiger partial charge in [0.15, 0.2) is 0 Å². The third-order valence-electron chi connectivity index (χ3n) is 3.47. The van der Waals surface area contributed by atoms with Gasteiger partial charge in [0, 0.05) is 0 Å². The maximum Gasteiger partial charge on any atom is 0.0645 e. The molecule has 0 unspecified atom stereocenters. The Morgan fingerprint density at radius 2 is 2.06 bits per heavy atom. The van der Waals surface area contributed by atoms with Crippen molar-refractivity contribution in [2.24, 2.45) is 5.41 Å². The highest BCUT2D eigenvalue weighted by Gasteiger charge is 2.33. The minimum absolute atomic E-state index is 0.0234. The molecule has 3 N–H and O–H groups in total. The van der Waals surface area contributed by atoms with E-state index in [1.54, 1.807) is 6.92 Å². The monoisotopic (exact) mass is 228 g/mol. The summed E-state index contributed by atoms with van der Waals surface area (Å²) in [7, 11) is 0. The Hall–Kier alpha value is -0.380. The summed E-state index contributed by atoms with van der Waals surface area (Å²) in [6, 6.07) is 0. The average molecular weight is 228 g/mol. The molecular weight excluding hydrogens is 204 g/mol. The van der Waals surface area contributed by atoms with Crippen LogP contribution < -0.4 is 0 Å². The number of aliphatic hydroxyl groups excluding tert-OH is 3. The Bertz CT molecular complexity index is 266. The van der Waals surface area contributed by atoms with Crippen LogP contribution in [0.1, 0.15) is 46.5 Å². The van der Waals surface area contributed by atoms with Gasteiger partial charge in [0.2, 0.25) is 0 Å². The van der Waals surface area contributed by atoms with Crippen molar-refractivity contribution in [3.05, 3.63) is 11.1 Å². The molecule has 1 aliphatic rings. The quantitative estimate of drug-likeness (QED) is 0.641. The van der Waals surface area contributed by atoms with Gasteiger partial charge in [-0.3, -0.25) is 0 Å². The van der Waals surface area contributed by atoms with Gasteiger partial charge in [0.25, 0.3) is 0 Å². The molecule has 0 radical (unpaired) electrons. The molecule has 0 aromatic carbocycles. The normalized spacial score (nSPS) is 27.0. The van der Waals surface area contributed by atoms with Crippen LogP contribution in [0.25, 0.3) is 0 Å². The van der Waals surface area contributed by atoms with Crippen LogP contribution in [0.2, 0.25) is 0 Å². The standard InChI is InChI=1S/C13H24O3/c1-9(15)4-5-12-10(8-14)6-11(16)7-13(12,2)3/h9,11,14-16H,4-8H2,1-3H3/t9-,11+/m0/s1. The van der Waals surface area contributed by atoms with E-state index in [1.807, 2.05) is 0 Å². The molecule has 0 saturated heterocycles. The zero-order chi connectivity index (χ0) is 12.3. The largest absolute Gasteiger partial charge is 0.393 e. The van der Waals surface area contributed by atoms with Gasteiger partial charge >= 0.3 is 0 Å². The molecule has 2 atom stereocenters. The number of hydrogen-bond donors (Lipinski definition) is 3. The Kier molecular flexibility index (Phi) is 4.53. The van der Waals surface area contributed by atoms with Crippen LogP contribution in [0.15, 0.2) is 11.1 Å². The molecule has 0 aromatic heterocycles.